The second-order valence-electron chi connectivity index (χ2n) is 5.15. The van der Waals surface area contributed by atoms with Crippen molar-refractivity contribution in [3.8, 4) is 11.3 Å². The van der Waals surface area contributed by atoms with E-state index < -0.39 is 4.92 Å². The van der Waals surface area contributed by atoms with E-state index in [0.29, 0.717) is 10.8 Å². The maximum atomic E-state index is 12.1. The number of thiazole rings is 1. The minimum atomic E-state index is -0.443. The molecule has 2 aromatic carbocycles. The summed E-state index contributed by atoms with van der Waals surface area (Å²) in [4.78, 5) is 28.5. The summed E-state index contributed by atoms with van der Waals surface area (Å²) in [6.07, 6.45) is 0. The van der Waals surface area contributed by atoms with Crippen LogP contribution in [0.2, 0.25) is 0 Å². The van der Waals surface area contributed by atoms with E-state index >= 15 is 0 Å². The molecule has 1 aromatic heterocycles. The van der Waals surface area contributed by atoms with Crippen molar-refractivity contribution < 1.29 is 9.72 Å². The lowest BCUT2D eigenvalue weighted by molar-refractivity contribution is -0.384. The molecule has 8 heteroatoms. The number of benzene rings is 2. The summed E-state index contributed by atoms with van der Waals surface area (Å²) < 4.78 is 0.922. The van der Waals surface area contributed by atoms with Gasteiger partial charge < -0.3 is 0 Å². The fraction of sp³-hybridized carbons (Fsp3) is 0.0588. The number of non-ortho nitro benzene ring substituents is 1. The Kier molecular flexibility index (Phi) is 4.91. The number of amides is 1. The van der Waals surface area contributed by atoms with Gasteiger partial charge in [-0.2, -0.15) is 0 Å². The van der Waals surface area contributed by atoms with Gasteiger partial charge in [-0.15, -0.1) is 11.3 Å². The molecular weight excluding hydrogens is 406 g/mol. The first-order valence-electron chi connectivity index (χ1n) is 7.22. The molecular formula is C17H12BrN3O3S. The highest BCUT2D eigenvalue weighted by atomic mass is 79.9. The fourth-order valence-electron chi connectivity index (χ4n) is 2.27. The number of carbonyl (C=O) groups is 1. The molecule has 1 amide bonds. The van der Waals surface area contributed by atoms with Crippen molar-refractivity contribution in [1.82, 2.24) is 4.98 Å². The van der Waals surface area contributed by atoms with E-state index in [1.807, 2.05) is 29.6 Å². The van der Waals surface area contributed by atoms with Gasteiger partial charge in [0.2, 0.25) is 5.91 Å². The summed E-state index contributed by atoms with van der Waals surface area (Å²) >= 11 is 4.71. The van der Waals surface area contributed by atoms with Crippen LogP contribution in [-0.4, -0.2) is 15.8 Å². The summed E-state index contributed by atoms with van der Waals surface area (Å²) in [5, 5.41) is 13.1. The first kappa shape index (κ1) is 17.2. The summed E-state index contributed by atoms with van der Waals surface area (Å²) in [5.41, 5.74) is 2.17. The molecule has 3 aromatic rings. The fourth-order valence-corrected chi connectivity index (χ4v) is 3.43. The van der Waals surface area contributed by atoms with Crippen molar-refractivity contribution in [2.24, 2.45) is 0 Å². The topological polar surface area (TPSA) is 76.3 Å². The summed E-state index contributed by atoms with van der Waals surface area (Å²) in [7, 11) is 0. The Morgan fingerprint density at radius 3 is 2.36 bits per heavy atom. The van der Waals surface area contributed by atoms with Gasteiger partial charge in [-0.25, -0.2) is 4.98 Å². The van der Waals surface area contributed by atoms with Gasteiger partial charge in [-0.3, -0.25) is 19.8 Å². The van der Waals surface area contributed by atoms with Crippen LogP contribution in [0.3, 0.4) is 0 Å². The third-order valence-electron chi connectivity index (χ3n) is 3.46. The maximum Gasteiger partial charge on any atom is 0.269 e. The van der Waals surface area contributed by atoms with E-state index in [-0.39, 0.29) is 11.6 Å². The van der Waals surface area contributed by atoms with Gasteiger partial charge in [0, 0.05) is 34.5 Å². The molecule has 0 spiro atoms. The first-order valence-corrected chi connectivity index (χ1v) is 8.89. The summed E-state index contributed by atoms with van der Waals surface area (Å²) in [5.74, 6) is -0.146. The van der Waals surface area contributed by atoms with Crippen molar-refractivity contribution >= 4 is 49.7 Å². The van der Waals surface area contributed by atoms with Crippen LogP contribution in [0.15, 0.2) is 58.4 Å². The molecule has 126 valence electrons. The Morgan fingerprint density at radius 2 is 1.80 bits per heavy atom. The smallest absolute Gasteiger partial charge is 0.269 e. The standard InChI is InChI=1S/C17H12BrN3O3S/c1-11(22)20(14-8-4-13(18)5-9-14)17-19-16(10-25-17)12-2-6-15(7-3-12)21(23)24/h2-10H,1H3. The average molecular weight is 418 g/mol. The van der Waals surface area contributed by atoms with Crippen molar-refractivity contribution in [3.63, 3.8) is 0 Å². The van der Waals surface area contributed by atoms with E-state index in [1.165, 1.54) is 35.3 Å². The Labute approximate surface area is 156 Å². The predicted octanol–water partition coefficient (Wildman–Crippen LogP) is 5.17. The van der Waals surface area contributed by atoms with Crippen LogP contribution >= 0.6 is 27.3 Å². The molecule has 0 saturated carbocycles. The van der Waals surface area contributed by atoms with Gasteiger partial charge in [0.1, 0.15) is 0 Å². The highest BCUT2D eigenvalue weighted by Crippen LogP contribution is 2.33. The number of aromatic nitrogens is 1. The second-order valence-corrected chi connectivity index (χ2v) is 6.90. The molecule has 0 radical (unpaired) electrons. The Bertz CT molecular complexity index is 923. The molecule has 0 unspecified atom stereocenters. The second kappa shape index (κ2) is 7.12. The molecule has 0 N–H and O–H groups in total. The SMILES string of the molecule is CC(=O)N(c1ccc(Br)cc1)c1nc(-c2ccc([N+](=O)[O-])cc2)cs1. The Morgan fingerprint density at radius 1 is 1.16 bits per heavy atom. The quantitative estimate of drug-likeness (QED) is 0.433. The lowest BCUT2D eigenvalue weighted by Crippen LogP contribution is -2.22. The molecule has 0 bridgehead atoms. The number of carbonyl (C=O) groups excluding carboxylic acids is 1. The zero-order valence-corrected chi connectivity index (χ0v) is 15.5. The summed E-state index contributed by atoms with van der Waals surface area (Å²) in [6, 6.07) is 13.5. The van der Waals surface area contributed by atoms with E-state index in [1.54, 1.807) is 12.1 Å². The van der Waals surface area contributed by atoms with Crippen LogP contribution in [-0.2, 0) is 4.79 Å². The van der Waals surface area contributed by atoms with Crippen LogP contribution in [0.5, 0.6) is 0 Å². The molecule has 0 aliphatic carbocycles. The van der Waals surface area contributed by atoms with Crippen LogP contribution in [0.1, 0.15) is 6.92 Å². The molecule has 0 atom stereocenters. The van der Waals surface area contributed by atoms with Crippen molar-refractivity contribution in [3.05, 3.63) is 68.5 Å². The van der Waals surface area contributed by atoms with Gasteiger partial charge in [0.25, 0.3) is 5.69 Å². The number of nitro groups is 1. The van der Waals surface area contributed by atoms with Crippen molar-refractivity contribution in [2.45, 2.75) is 6.92 Å². The third kappa shape index (κ3) is 3.75. The van der Waals surface area contributed by atoms with Crippen LogP contribution in [0.4, 0.5) is 16.5 Å². The van der Waals surface area contributed by atoms with E-state index in [9.17, 15) is 14.9 Å². The number of rotatable bonds is 4. The summed E-state index contributed by atoms with van der Waals surface area (Å²) in [6.45, 7) is 1.48. The average Bonchev–Trinajstić information content (AvgIpc) is 3.06. The van der Waals surface area contributed by atoms with E-state index in [4.69, 9.17) is 0 Å². The number of nitrogens with zero attached hydrogens (tertiary/aromatic N) is 3. The van der Waals surface area contributed by atoms with E-state index in [0.717, 1.165) is 15.7 Å². The van der Waals surface area contributed by atoms with Gasteiger partial charge in [-0.1, -0.05) is 15.9 Å². The first-order chi connectivity index (χ1) is 12.0. The maximum absolute atomic E-state index is 12.1. The van der Waals surface area contributed by atoms with Crippen molar-refractivity contribution in [1.29, 1.82) is 0 Å². The minimum absolute atomic E-state index is 0.0272. The normalized spacial score (nSPS) is 10.5. The van der Waals surface area contributed by atoms with Crippen molar-refractivity contribution in [2.75, 3.05) is 4.90 Å². The number of hydrogen-bond acceptors (Lipinski definition) is 5. The molecule has 25 heavy (non-hydrogen) atoms. The zero-order chi connectivity index (χ0) is 18.0. The molecule has 1 heterocycles. The molecule has 3 rings (SSSR count). The number of halogens is 1. The van der Waals surface area contributed by atoms with Gasteiger partial charge in [0.05, 0.1) is 16.3 Å². The lowest BCUT2D eigenvalue weighted by atomic mass is 10.1. The highest BCUT2D eigenvalue weighted by Gasteiger charge is 2.18. The van der Waals surface area contributed by atoms with Gasteiger partial charge in [-0.05, 0) is 36.4 Å². The van der Waals surface area contributed by atoms with Gasteiger partial charge >= 0.3 is 0 Å². The van der Waals surface area contributed by atoms with Gasteiger partial charge in [0.15, 0.2) is 5.13 Å². The van der Waals surface area contributed by atoms with E-state index in [2.05, 4.69) is 20.9 Å². The lowest BCUT2D eigenvalue weighted by Gasteiger charge is -2.17. The minimum Gasteiger partial charge on any atom is -0.274 e. The molecule has 0 aliphatic heterocycles. The Hall–Kier alpha value is -2.58. The Balaban J connectivity index is 1.94. The molecule has 0 saturated heterocycles. The third-order valence-corrected chi connectivity index (χ3v) is 4.81. The number of nitro benzene ring substituents is 1. The van der Waals surface area contributed by atoms with Crippen LogP contribution in [0, 0.1) is 10.1 Å². The van der Waals surface area contributed by atoms with Crippen LogP contribution < -0.4 is 4.90 Å². The zero-order valence-electron chi connectivity index (χ0n) is 13.0. The largest absolute Gasteiger partial charge is 0.274 e. The molecule has 0 aliphatic rings. The predicted molar refractivity (Wildman–Crippen MR) is 101 cm³/mol. The molecule has 6 nitrogen and oxygen atoms in total. The molecule has 0 fully saturated rings. The highest BCUT2D eigenvalue weighted by molar-refractivity contribution is 9.10. The van der Waals surface area contributed by atoms with Crippen LogP contribution in [0.25, 0.3) is 11.3 Å². The number of anilines is 2. The number of hydrogen-bond donors (Lipinski definition) is 0. The monoisotopic (exact) mass is 417 g/mol.